The number of hydrogen-bond donors (Lipinski definition) is 0. The van der Waals surface area contributed by atoms with E-state index in [4.69, 9.17) is 0 Å². The lowest BCUT2D eigenvalue weighted by molar-refractivity contribution is 0.0907. The van der Waals surface area contributed by atoms with Gasteiger partial charge in [-0.25, -0.2) is 8.42 Å². The molecule has 114 valence electrons. The number of fused-ring (bicyclic) bond motifs is 3. The fourth-order valence-electron chi connectivity index (χ4n) is 3.95. The topological polar surface area (TPSA) is 64.1 Å². The standard InChI is InChI=1S/C17H17NO3S/c19-17(12-7-13-5-6-14(8-12)22(13,20)21)16-10-18-9-11-3-1-2-4-15(11)16/h1-4,9-10,12-14H,5-8H2. The summed E-state index contributed by atoms with van der Waals surface area (Å²) in [5.41, 5.74) is 0.627. The summed E-state index contributed by atoms with van der Waals surface area (Å²) in [4.78, 5) is 17.1. The first-order chi connectivity index (χ1) is 10.6. The van der Waals surface area contributed by atoms with Crippen LogP contribution < -0.4 is 0 Å². The number of benzene rings is 1. The molecule has 2 fully saturated rings. The average Bonchev–Trinajstić information content (AvgIpc) is 2.71. The number of carbonyl (C=O) groups is 1. The maximum atomic E-state index is 12.9. The van der Waals surface area contributed by atoms with E-state index in [9.17, 15) is 13.2 Å². The summed E-state index contributed by atoms with van der Waals surface area (Å²) >= 11 is 0. The molecule has 2 saturated heterocycles. The number of ketones is 1. The second kappa shape index (κ2) is 4.88. The van der Waals surface area contributed by atoms with E-state index < -0.39 is 9.84 Å². The first-order valence-electron chi connectivity index (χ1n) is 7.67. The van der Waals surface area contributed by atoms with Crippen LogP contribution in [0.15, 0.2) is 36.7 Å². The van der Waals surface area contributed by atoms with Gasteiger partial charge in [0.1, 0.15) is 0 Å². The number of sulfone groups is 1. The first kappa shape index (κ1) is 13.9. The summed E-state index contributed by atoms with van der Waals surface area (Å²) in [6.07, 6.45) is 5.74. The zero-order valence-corrected chi connectivity index (χ0v) is 12.9. The van der Waals surface area contributed by atoms with Crippen LogP contribution in [-0.2, 0) is 9.84 Å². The number of hydrogen-bond acceptors (Lipinski definition) is 4. The second-order valence-corrected chi connectivity index (χ2v) is 8.86. The van der Waals surface area contributed by atoms with Crippen LogP contribution in [0.2, 0.25) is 0 Å². The number of Topliss-reactive ketones (excluding diaryl/α,β-unsaturated/α-hetero) is 1. The van der Waals surface area contributed by atoms with E-state index in [-0.39, 0.29) is 22.2 Å². The number of rotatable bonds is 2. The van der Waals surface area contributed by atoms with Gasteiger partial charge in [0.15, 0.2) is 15.6 Å². The Morgan fingerprint density at radius 3 is 2.45 bits per heavy atom. The summed E-state index contributed by atoms with van der Waals surface area (Å²) in [5, 5.41) is 1.22. The van der Waals surface area contributed by atoms with Crippen molar-refractivity contribution >= 4 is 26.4 Å². The van der Waals surface area contributed by atoms with Gasteiger partial charge >= 0.3 is 0 Å². The van der Waals surface area contributed by atoms with Crippen LogP contribution in [0.5, 0.6) is 0 Å². The maximum Gasteiger partial charge on any atom is 0.168 e. The molecule has 1 aromatic carbocycles. The third kappa shape index (κ3) is 1.99. The van der Waals surface area contributed by atoms with Crippen LogP contribution in [0.25, 0.3) is 10.8 Å². The molecule has 0 N–H and O–H groups in total. The van der Waals surface area contributed by atoms with E-state index in [2.05, 4.69) is 4.98 Å². The summed E-state index contributed by atoms with van der Waals surface area (Å²) < 4.78 is 24.3. The molecular formula is C17H17NO3S. The minimum absolute atomic E-state index is 0.0519. The largest absolute Gasteiger partial charge is 0.294 e. The van der Waals surface area contributed by atoms with Crippen molar-refractivity contribution in [3.8, 4) is 0 Å². The Morgan fingerprint density at radius 2 is 1.73 bits per heavy atom. The van der Waals surface area contributed by atoms with Crippen molar-refractivity contribution < 1.29 is 13.2 Å². The lowest BCUT2D eigenvalue weighted by atomic mass is 9.89. The molecule has 0 radical (unpaired) electrons. The highest BCUT2D eigenvalue weighted by Gasteiger charge is 2.48. The minimum Gasteiger partial charge on any atom is -0.294 e. The molecule has 0 saturated carbocycles. The normalized spacial score (nSPS) is 29.5. The number of aromatic nitrogens is 1. The molecule has 2 atom stereocenters. The molecule has 1 aromatic heterocycles. The summed E-state index contributed by atoms with van der Waals surface area (Å²) in [6, 6.07) is 7.70. The van der Waals surface area contributed by atoms with Crippen molar-refractivity contribution in [2.75, 3.05) is 0 Å². The average molecular weight is 315 g/mol. The monoisotopic (exact) mass is 315 g/mol. The highest BCUT2D eigenvalue weighted by Crippen LogP contribution is 2.42. The number of pyridine rings is 1. The molecule has 4 nitrogen and oxygen atoms in total. The van der Waals surface area contributed by atoms with E-state index in [1.54, 1.807) is 12.4 Å². The van der Waals surface area contributed by atoms with Gasteiger partial charge in [-0.05, 0) is 31.1 Å². The smallest absolute Gasteiger partial charge is 0.168 e. The fraction of sp³-hybridized carbons (Fsp3) is 0.412. The molecule has 2 aromatic rings. The van der Waals surface area contributed by atoms with Crippen molar-refractivity contribution in [2.24, 2.45) is 5.92 Å². The zero-order chi connectivity index (χ0) is 15.3. The Labute approximate surface area is 129 Å². The third-order valence-corrected chi connectivity index (χ3v) is 7.85. The van der Waals surface area contributed by atoms with Crippen LogP contribution in [-0.4, -0.2) is 29.7 Å². The third-order valence-electron chi connectivity index (χ3n) is 5.14. The van der Waals surface area contributed by atoms with Gasteiger partial charge in [0, 0.05) is 29.3 Å². The molecule has 2 unspecified atom stereocenters. The molecule has 2 aliphatic heterocycles. The Morgan fingerprint density at radius 1 is 1.05 bits per heavy atom. The van der Waals surface area contributed by atoms with E-state index in [0.717, 1.165) is 10.8 Å². The molecular weight excluding hydrogens is 298 g/mol. The Kier molecular flexibility index (Phi) is 3.08. The van der Waals surface area contributed by atoms with Gasteiger partial charge in [-0.3, -0.25) is 9.78 Å². The summed E-state index contributed by atoms with van der Waals surface area (Å²) in [6.45, 7) is 0. The van der Waals surface area contributed by atoms with Crippen LogP contribution in [0.1, 0.15) is 36.0 Å². The van der Waals surface area contributed by atoms with Crippen LogP contribution in [0.4, 0.5) is 0 Å². The highest BCUT2D eigenvalue weighted by molar-refractivity contribution is 7.93. The molecule has 22 heavy (non-hydrogen) atoms. The molecule has 2 aliphatic rings. The van der Waals surface area contributed by atoms with Crippen molar-refractivity contribution in [3.63, 3.8) is 0 Å². The summed E-state index contributed by atoms with van der Waals surface area (Å²) in [7, 11) is -2.99. The van der Waals surface area contributed by atoms with E-state index in [1.165, 1.54) is 0 Å². The van der Waals surface area contributed by atoms with Gasteiger partial charge in [0.2, 0.25) is 0 Å². The molecule has 0 amide bonds. The van der Waals surface area contributed by atoms with Gasteiger partial charge < -0.3 is 0 Å². The molecule has 4 rings (SSSR count). The van der Waals surface area contributed by atoms with Gasteiger partial charge in [0.25, 0.3) is 0 Å². The predicted molar refractivity (Wildman–Crippen MR) is 84.5 cm³/mol. The van der Waals surface area contributed by atoms with Crippen LogP contribution in [0.3, 0.4) is 0 Å². The Hall–Kier alpha value is -1.75. The fourth-order valence-corrected chi connectivity index (χ4v) is 6.43. The molecule has 0 spiro atoms. The minimum atomic E-state index is -2.99. The molecule has 5 heteroatoms. The van der Waals surface area contributed by atoms with E-state index in [1.807, 2.05) is 24.3 Å². The van der Waals surface area contributed by atoms with Crippen molar-refractivity contribution in [2.45, 2.75) is 36.2 Å². The maximum absolute atomic E-state index is 12.9. The lowest BCUT2D eigenvalue weighted by Crippen LogP contribution is -2.36. The Bertz CT molecular complexity index is 834. The molecule has 3 heterocycles. The van der Waals surface area contributed by atoms with E-state index >= 15 is 0 Å². The first-order valence-corrected chi connectivity index (χ1v) is 9.28. The van der Waals surface area contributed by atoms with E-state index in [0.29, 0.717) is 31.2 Å². The molecule has 2 bridgehead atoms. The summed E-state index contributed by atoms with van der Waals surface area (Å²) in [5.74, 6) is -0.135. The van der Waals surface area contributed by atoms with Crippen molar-refractivity contribution in [1.29, 1.82) is 0 Å². The van der Waals surface area contributed by atoms with Crippen molar-refractivity contribution in [1.82, 2.24) is 4.98 Å². The quantitative estimate of drug-likeness (QED) is 0.799. The predicted octanol–water partition coefficient (Wildman–Crippen LogP) is 2.77. The zero-order valence-electron chi connectivity index (χ0n) is 12.1. The molecule has 0 aliphatic carbocycles. The second-order valence-electron chi connectivity index (χ2n) is 6.35. The SMILES string of the molecule is O=C(c1cncc2ccccc12)C1CC2CCC(C1)S2(=O)=O. The van der Waals surface area contributed by atoms with Gasteiger partial charge in [0.05, 0.1) is 10.5 Å². The van der Waals surface area contributed by atoms with Crippen molar-refractivity contribution in [3.05, 3.63) is 42.2 Å². The van der Waals surface area contributed by atoms with Crippen LogP contribution >= 0.6 is 0 Å². The van der Waals surface area contributed by atoms with Crippen LogP contribution in [0, 0.1) is 5.92 Å². The van der Waals surface area contributed by atoms with Gasteiger partial charge in [-0.1, -0.05) is 24.3 Å². The Balaban J connectivity index is 1.71. The van der Waals surface area contributed by atoms with Gasteiger partial charge in [-0.2, -0.15) is 0 Å². The lowest BCUT2D eigenvalue weighted by Gasteiger charge is -2.27. The number of carbonyl (C=O) groups excluding carboxylic acids is 1. The highest BCUT2D eigenvalue weighted by atomic mass is 32.2. The number of nitrogens with zero attached hydrogens (tertiary/aromatic N) is 1. The van der Waals surface area contributed by atoms with Gasteiger partial charge in [-0.15, -0.1) is 0 Å².